The molecule has 4 heteroatoms. The van der Waals surface area contributed by atoms with Gasteiger partial charge in [-0.25, -0.2) is 0 Å². The smallest absolute Gasteiger partial charge is 0.315 e. The highest BCUT2D eigenvalue weighted by molar-refractivity contribution is 5.78. The first-order valence-corrected chi connectivity index (χ1v) is 5.65. The predicted molar refractivity (Wildman–Crippen MR) is 61.8 cm³/mol. The molecule has 0 amide bonds. The van der Waals surface area contributed by atoms with Gasteiger partial charge in [-0.05, 0) is 5.56 Å². The maximum Gasteiger partial charge on any atom is 0.315 e. The fraction of sp³-hybridized carbons (Fsp3) is 0.462. The van der Waals surface area contributed by atoms with Crippen molar-refractivity contribution < 1.29 is 19.0 Å². The Hall–Kier alpha value is -1.39. The number of benzene rings is 1. The van der Waals surface area contributed by atoms with Crippen LogP contribution in [0, 0.1) is 0 Å². The largest absolute Gasteiger partial charge is 0.468 e. The minimum absolute atomic E-state index is 0.265. The minimum atomic E-state index is -0.415. The Bertz CT molecular complexity index is 357. The van der Waals surface area contributed by atoms with E-state index in [1.807, 2.05) is 30.3 Å². The van der Waals surface area contributed by atoms with E-state index in [9.17, 15) is 4.79 Å². The number of hydrogen-bond acceptors (Lipinski definition) is 4. The zero-order chi connectivity index (χ0) is 12.1. The van der Waals surface area contributed by atoms with Crippen molar-refractivity contribution in [3.8, 4) is 0 Å². The summed E-state index contributed by atoms with van der Waals surface area (Å²) in [6, 6.07) is 9.51. The minimum Gasteiger partial charge on any atom is -0.468 e. The molecule has 0 spiro atoms. The lowest BCUT2D eigenvalue weighted by molar-refractivity contribution is -0.154. The van der Waals surface area contributed by atoms with Crippen LogP contribution in [0.15, 0.2) is 30.3 Å². The average molecular weight is 236 g/mol. The number of carbonyl (C=O) groups is 1. The van der Waals surface area contributed by atoms with Gasteiger partial charge in [-0.1, -0.05) is 30.3 Å². The van der Waals surface area contributed by atoms with E-state index in [1.54, 1.807) is 0 Å². The molecule has 1 aromatic rings. The zero-order valence-corrected chi connectivity index (χ0v) is 9.80. The summed E-state index contributed by atoms with van der Waals surface area (Å²) in [7, 11) is 1.39. The molecule has 17 heavy (non-hydrogen) atoms. The predicted octanol–water partition coefficient (Wildman–Crippen LogP) is 1.36. The summed E-state index contributed by atoms with van der Waals surface area (Å²) >= 11 is 0. The van der Waals surface area contributed by atoms with Crippen LogP contribution in [0.25, 0.3) is 0 Å². The molecule has 2 rings (SSSR count). The quantitative estimate of drug-likeness (QED) is 0.743. The number of ether oxygens (including phenoxy) is 3. The van der Waals surface area contributed by atoms with Gasteiger partial charge in [0.05, 0.1) is 33.0 Å². The second kappa shape index (κ2) is 5.80. The van der Waals surface area contributed by atoms with Crippen LogP contribution in [0.3, 0.4) is 0 Å². The highest BCUT2D eigenvalue weighted by Gasteiger charge is 2.33. The molecule has 4 nitrogen and oxygen atoms in total. The third-order valence-corrected chi connectivity index (χ3v) is 2.83. The highest BCUT2D eigenvalue weighted by Crippen LogP contribution is 2.25. The fourth-order valence-corrected chi connectivity index (χ4v) is 1.99. The standard InChI is InChI=1S/C13H16O4/c1-15-13(14)12(10-5-3-2-4-6-10)11-9-16-7-8-17-11/h2-6,11-12H,7-9H2,1H3/t11-,12+/m0/s1. The Morgan fingerprint density at radius 3 is 2.71 bits per heavy atom. The molecule has 0 radical (unpaired) electrons. The van der Waals surface area contributed by atoms with Crippen molar-refractivity contribution in [3.05, 3.63) is 35.9 Å². The van der Waals surface area contributed by atoms with E-state index in [2.05, 4.69) is 0 Å². The van der Waals surface area contributed by atoms with Crippen LogP contribution in [0.2, 0.25) is 0 Å². The zero-order valence-electron chi connectivity index (χ0n) is 9.80. The van der Waals surface area contributed by atoms with Crippen molar-refractivity contribution in [2.45, 2.75) is 12.0 Å². The Morgan fingerprint density at radius 1 is 1.35 bits per heavy atom. The molecule has 1 aliphatic rings. The van der Waals surface area contributed by atoms with Crippen molar-refractivity contribution in [1.82, 2.24) is 0 Å². The van der Waals surface area contributed by atoms with Crippen molar-refractivity contribution in [3.63, 3.8) is 0 Å². The van der Waals surface area contributed by atoms with Crippen molar-refractivity contribution in [2.75, 3.05) is 26.9 Å². The van der Waals surface area contributed by atoms with Gasteiger partial charge in [0.25, 0.3) is 0 Å². The first-order chi connectivity index (χ1) is 8.33. The van der Waals surface area contributed by atoms with Gasteiger partial charge in [-0.15, -0.1) is 0 Å². The van der Waals surface area contributed by atoms with Gasteiger partial charge in [0.1, 0.15) is 5.92 Å². The summed E-state index contributed by atoms with van der Waals surface area (Å²) in [5, 5.41) is 0. The van der Waals surface area contributed by atoms with Crippen molar-refractivity contribution in [1.29, 1.82) is 0 Å². The Balaban J connectivity index is 2.21. The maximum atomic E-state index is 11.9. The first kappa shape index (κ1) is 12.1. The third-order valence-electron chi connectivity index (χ3n) is 2.83. The van der Waals surface area contributed by atoms with Gasteiger partial charge in [0.15, 0.2) is 0 Å². The van der Waals surface area contributed by atoms with Crippen molar-refractivity contribution in [2.24, 2.45) is 0 Å². The van der Waals surface area contributed by atoms with Gasteiger partial charge < -0.3 is 14.2 Å². The molecule has 1 fully saturated rings. The Kier molecular flexibility index (Phi) is 4.12. The van der Waals surface area contributed by atoms with Crippen LogP contribution < -0.4 is 0 Å². The molecule has 1 aliphatic heterocycles. The molecule has 0 saturated carbocycles. The topological polar surface area (TPSA) is 44.8 Å². The van der Waals surface area contributed by atoms with E-state index >= 15 is 0 Å². The van der Waals surface area contributed by atoms with Gasteiger partial charge in [0.2, 0.25) is 0 Å². The lowest BCUT2D eigenvalue weighted by Crippen LogP contribution is -2.37. The second-order valence-corrected chi connectivity index (χ2v) is 3.90. The average Bonchev–Trinajstić information content (AvgIpc) is 2.41. The summed E-state index contributed by atoms with van der Waals surface area (Å²) in [5.74, 6) is -0.701. The van der Waals surface area contributed by atoms with E-state index in [0.29, 0.717) is 19.8 Å². The second-order valence-electron chi connectivity index (χ2n) is 3.90. The normalized spacial score (nSPS) is 21.8. The molecule has 0 bridgehead atoms. The fourth-order valence-electron chi connectivity index (χ4n) is 1.99. The van der Waals surface area contributed by atoms with Crippen LogP contribution in [-0.2, 0) is 19.0 Å². The molecule has 0 N–H and O–H groups in total. The molecule has 1 saturated heterocycles. The summed E-state index contributed by atoms with van der Waals surface area (Å²) in [6.45, 7) is 1.53. The highest BCUT2D eigenvalue weighted by atomic mass is 16.6. The SMILES string of the molecule is COC(=O)[C@H](c1ccccc1)[C@@H]1COCCO1. The lowest BCUT2D eigenvalue weighted by Gasteiger charge is -2.29. The molecular formula is C13H16O4. The van der Waals surface area contributed by atoms with Crippen LogP contribution in [-0.4, -0.2) is 39.0 Å². The summed E-state index contributed by atoms with van der Waals surface area (Å²) in [5.41, 5.74) is 0.898. The van der Waals surface area contributed by atoms with Gasteiger partial charge in [-0.3, -0.25) is 4.79 Å². The van der Waals surface area contributed by atoms with Crippen LogP contribution in [0.4, 0.5) is 0 Å². The first-order valence-electron chi connectivity index (χ1n) is 5.65. The number of esters is 1. The van der Waals surface area contributed by atoms with Crippen LogP contribution >= 0.6 is 0 Å². The monoisotopic (exact) mass is 236 g/mol. The summed E-state index contributed by atoms with van der Waals surface area (Å²) < 4.78 is 15.8. The molecule has 92 valence electrons. The molecule has 0 aliphatic carbocycles. The van der Waals surface area contributed by atoms with Crippen LogP contribution in [0.5, 0.6) is 0 Å². The Morgan fingerprint density at radius 2 is 2.12 bits per heavy atom. The van der Waals surface area contributed by atoms with Crippen LogP contribution in [0.1, 0.15) is 11.5 Å². The van der Waals surface area contributed by atoms with E-state index in [4.69, 9.17) is 14.2 Å². The van der Waals surface area contributed by atoms with E-state index < -0.39 is 5.92 Å². The summed E-state index contributed by atoms with van der Waals surface area (Å²) in [4.78, 5) is 11.9. The van der Waals surface area contributed by atoms with Crippen molar-refractivity contribution >= 4 is 5.97 Å². The molecular weight excluding hydrogens is 220 g/mol. The van der Waals surface area contributed by atoms with E-state index in [1.165, 1.54) is 7.11 Å². The van der Waals surface area contributed by atoms with Gasteiger partial charge in [0, 0.05) is 0 Å². The molecule has 0 aromatic heterocycles. The summed E-state index contributed by atoms with van der Waals surface area (Å²) in [6.07, 6.45) is -0.265. The number of methoxy groups -OCH3 is 1. The number of hydrogen-bond donors (Lipinski definition) is 0. The molecule has 2 atom stereocenters. The maximum absolute atomic E-state index is 11.9. The molecule has 0 unspecified atom stereocenters. The van der Waals surface area contributed by atoms with Gasteiger partial charge >= 0.3 is 5.97 Å². The van der Waals surface area contributed by atoms with E-state index in [0.717, 1.165) is 5.56 Å². The van der Waals surface area contributed by atoms with Gasteiger partial charge in [-0.2, -0.15) is 0 Å². The molecule has 1 aromatic carbocycles. The molecule has 1 heterocycles. The third kappa shape index (κ3) is 2.84. The lowest BCUT2D eigenvalue weighted by atomic mass is 9.93. The number of carbonyl (C=O) groups excluding carboxylic acids is 1. The Labute approximate surface area is 100 Å². The number of rotatable bonds is 3. The van der Waals surface area contributed by atoms with E-state index in [-0.39, 0.29) is 12.1 Å².